The number of carbonyl (C=O) groups excluding carboxylic acids is 1. The van der Waals surface area contributed by atoms with Gasteiger partial charge >= 0.3 is 0 Å². The van der Waals surface area contributed by atoms with Crippen molar-refractivity contribution in [3.8, 4) is 0 Å². The van der Waals surface area contributed by atoms with Gasteiger partial charge in [-0.3, -0.25) is 4.79 Å². The molecule has 1 N–H and O–H groups in total. The Balaban J connectivity index is 1.49. The van der Waals surface area contributed by atoms with Crippen LogP contribution in [0.3, 0.4) is 0 Å². The van der Waals surface area contributed by atoms with Gasteiger partial charge in [-0.25, -0.2) is 8.42 Å². The number of hydrogen-bond donors (Lipinski definition) is 1. The van der Waals surface area contributed by atoms with E-state index in [9.17, 15) is 13.2 Å². The molecule has 0 spiro atoms. The van der Waals surface area contributed by atoms with Crippen LogP contribution in [0.2, 0.25) is 0 Å². The molecule has 1 amide bonds. The summed E-state index contributed by atoms with van der Waals surface area (Å²) in [6, 6.07) is 17.1. The van der Waals surface area contributed by atoms with Gasteiger partial charge in [0.2, 0.25) is 5.91 Å². The number of nitrogens with zero attached hydrogens (tertiary/aromatic N) is 1. The van der Waals surface area contributed by atoms with Crippen LogP contribution in [0.15, 0.2) is 59.5 Å². The zero-order valence-electron chi connectivity index (χ0n) is 17.2. The maximum Gasteiger partial charge on any atom is 0.224 e. The Hall–Kier alpha value is -2.60. The number of nitrogens with one attached hydrogen (secondary N) is 1. The van der Waals surface area contributed by atoms with Gasteiger partial charge in [0.1, 0.15) is 0 Å². The molecular weight excluding hydrogens is 384 g/mol. The molecule has 0 unspecified atom stereocenters. The van der Waals surface area contributed by atoms with Gasteiger partial charge in [-0.1, -0.05) is 30.3 Å². The number of aryl methyl sites for hydroxylation is 2. The molecule has 0 fully saturated rings. The van der Waals surface area contributed by atoms with Gasteiger partial charge in [0.25, 0.3) is 0 Å². The maximum atomic E-state index is 12.2. The molecule has 0 atom stereocenters. The minimum atomic E-state index is -3.28. The highest BCUT2D eigenvalue weighted by Gasteiger charge is 2.18. The van der Waals surface area contributed by atoms with Crippen LogP contribution < -0.4 is 5.32 Å². The smallest absolute Gasteiger partial charge is 0.224 e. The molecule has 0 radical (unpaired) electrons. The number of amides is 1. The second-order valence-corrected chi connectivity index (χ2v) is 10.1. The summed E-state index contributed by atoms with van der Waals surface area (Å²) in [4.78, 5) is 12.5. The van der Waals surface area contributed by atoms with Crippen molar-refractivity contribution < 1.29 is 13.2 Å². The quantitative estimate of drug-likeness (QED) is 0.571. The van der Waals surface area contributed by atoms with Gasteiger partial charge in [-0.05, 0) is 62.4 Å². The fourth-order valence-electron chi connectivity index (χ4n) is 3.43. The van der Waals surface area contributed by atoms with Gasteiger partial charge in [0.15, 0.2) is 9.84 Å². The van der Waals surface area contributed by atoms with Crippen LogP contribution in [-0.2, 0) is 27.6 Å². The summed E-state index contributed by atoms with van der Waals surface area (Å²) in [7, 11) is -3.28. The third kappa shape index (κ3) is 4.88. The molecular formula is C23H28N2O3S. The second-order valence-electron chi connectivity index (χ2n) is 7.61. The van der Waals surface area contributed by atoms with Gasteiger partial charge < -0.3 is 9.88 Å². The highest BCUT2D eigenvalue weighted by atomic mass is 32.2. The summed E-state index contributed by atoms with van der Waals surface area (Å²) in [6.07, 6.45) is 1.09. The molecule has 6 heteroatoms. The number of hydrogen-bond acceptors (Lipinski definition) is 3. The lowest BCUT2D eigenvalue weighted by molar-refractivity contribution is -0.120. The number of benzene rings is 2. The Morgan fingerprint density at radius 3 is 2.45 bits per heavy atom. The van der Waals surface area contributed by atoms with E-state index in [0.717, 1.165) is 18.5 Å². The minimum absolute atomic E-state index is 0.0569. The zero-order valence-corrected chi connectivity index (χ0v) is 18.0. The molecule has 3 rings (SSSR count). The van der Waals surface area contributed by atoms with Crippen molar-refractivity contribution >= 4 is 26.6 Å². The van der Waals surface area contributed by atoms with E-state index in [0.29, 0.717) is 11.4 Å². The SMILES string of the molecule is Cc1cc2ccccc2n1CCCNC(=O)Cc1ccc(S(=O)(=O)C(C)C)cc1. The van der Waals surface area contributed by atoms with E-state index >= 15 is 0 Å². The lowest BCUT2D eigenvalue weighted by atomic mass is 10.1. The molecule has 1 aromatic heterocycles. The molecule has 3 aromatic rings. The van der Waals surface area contributed by atoms with E-state index in [-0.39, 0.29) is 12.3 Å². The van der Waals surface area contributed by atoms with Crippen molar-refractivity contribution in [1.29, 1.82) is 0 Å². The van der Waals surface area contributed by atoms with E-state index in [1.165, 1.54) is 16.6 Å². The van der Waals surface area contributed by atoms with Crippen molar-refractivity contribution in [1.82, 2.24) is 9.88 Å². The molecule has 0 saturated carbocycles. The molecule has 29 heavy (non-hydrogen) atoms. The van der Waals surface area contributed by atoms with Crippen LogP contribution in [-0.4, -0.2) is 30.7 Å². The highest BCUT2D eigenvalue weighted by molar-refractivity contribution is 7.92. The first-order valence-electron chi connectivity index (χ1n) is 9.93. The lowest BCUT2D eigenvalue weighted by Gasteiger charge is -2.10. The van der Waals surface area contributed by atoms with Crippen LogP contribution in [0.5, 0.6) is 0 Å². The van der Waals surface area contributed by atoms with E-state index in [1.54, 1.807) is 38.1 Å². The van der Waals surface area contributed by atoms with Crippen molar-refractivity contribution in [3.05, 3.63) is 65.9 Å². The Bertz CT molecular complexity index is 1100. The number of para-hydroxylation sites is 1. The summed E-state index contributed by atoms with van der Waals surface area (Å²) in [5.41, 5.74) is 3.24. The van der Waals surface area contributed by atoms with Gasteiger partial charge in [-0.2, -0.15) is 0 Å². The number of sulfone groups is 1. The van der Waals surface area contributed by atoms with Crippen molar-refractivity contribution in [2.24, 2.45) is 0 Å². The first-order chi connectivity index (χ1) is 13.8. The minimum Gasteiger partial charge on any atom is -0.356 e. The fourth-order valence-corrected chi connectivity index (χ4v) is 4.49. The summed E-state index contributed by atoms with van der Waals surface area (Å²) in [5, 5.41) is 3.73. The third-order valence-electron chi connectivity index (χ3n) is 5.14. The van der Waals surface area contributed by atoms with E-state index in [1.807, 2.05) is 12.1 Å². The first-order valence-corrected chi connectivity index (χ1v) is 11.5. The summed E-state index contributed by atoms with van der Waals surface area (Å²) >= 11 is 0. The monoisotopic (exact) mass is 412 g/mol. The van der Waals surface area contributed by atoms with Crippen LogP contribution >= 0.6 is 0 Å². The molecule has 0 bridgehead atoms. The van der Waals surface area contributed by atoms with Crippen LogP contribution in [0.1, 0.15) is 31.5 Å². The Kier molecular flexibility index (Phi) is 6.42. The van der Waals surface area contributed by atoms with Gasteiger partial charge in [-0.15, -0.1) is 0 Å². The van der Waals surface area contributed by atoms with Crippen molar-refractivity contribution in [3.63, 3.8) is 0 Å². The molecule has 154 valence electrons. The normalized spacial score (nSPS) is 11.9. The molecule has 1 heterocycles. The molecule has 0 aliphatic rings. The van der Waals surface area contributed by atoms with Gasteiger partial charge in [0, 0.05) is 24.3 Å². The summed E-state index contributed by atoms with van der Waals surface area (Å²) in [5.74, 6) is -0.0569. The Morgan fingerprint density at radius 1 is 1.07 bits per heavy atom. The zero-order chi connectivity index (χ0) is 21.0. The average molecular weight is 413 g/mol. The molecule has 0 aliphatic carbocycles. The topological polar surface area (TPSA) is 68.2 Å². The largest absolute Gasteiger partial charge is 0.356 e. The van der Waals surface area contributed by atoms with E-state index < -0.39 is 15.1 Å². The molecule has 5 nitrogen and oxygen atoms in total. The van der Waals surface area contributed by atoms with Crippen molar-refractivity contribution in [2.75, 3.05) is 6.54 Å². The molecule has 0 aliphatic heterocycles. The lowest BCUT2D eigenvalue weighted by Crippen LogP contribution is -2.26. The predicted molar refractivity (Wildman–Crippen MR) is 117 cm³/mol. The predicted octanol–water partition coefficient (Wildman–Crippen LogP) is 3.88. The maximum absolute atomic E-state index is 12.2. The van der Waals surface area contributed by atoms with Crippen LogP contribution in [0, 0.1) is 6.92 Å². The van der Waals surface area contributed by atoms with Crippen LogP contribution in [0.4, 0.5) is 0 Å². The highest BCUT2D eigenvalue weighted by Crippen LogP contribution is 2.19. The third-order valence-corrected chi connectivity index (χ3v) is 7.31. The number of aromatic nitrogens is 1. The summed E-state index contributed by atoms with van der Waals surface area (Å²) in [6.45, 7) is 6.87. The number of rotatable bonds is 8. The fraction of sp³-hybridized carbons (Fsp3) is 0.348. The number of fused-ring (bicyclic) bond motifs is 1. The van der Waals surface area contributed by atoms with Crippen LogP contribution in [0.25, 0.3) is 10.9 Å². The number of carbonyl (C=O) groups is 1. The van der Waals surface area contributed by atoms with Crippen molar-refractivity contribution in [2.45, 2.75) is 50.3 Å². The standard InChI is InChI=1S/C23H28N2O3S/c1-17(2)29(27,28)21-11-9-19(10-12-21)16-23(26)24-13-6-14-25-18(3)15-20-7-4-5-8-22(20)25/h4-5,7-12,15,17H,6,13-14,16H2,1-3H3,(H,24,26). The first kappa shape index (κ1) is 21.1. The summed E-state index contributed by atoms with van der Waals surface area (Å²) < 4.78 is 26.6. The van der Waals surface area contributed by atoms with Gasteiger partial charge in [0.05, 0.1) is 16.6 Å². The molecule has 0 saturated heterocycles. The molecule has 2 aromatic carbocycles. The average Bonchev–Trinajstić information content (AvgIpc) is 3.00. The Labute approximate surface area is 172 Å². The Morgan fingerprint density at radius 2 is 1.76 bits per heavy atom. The van der Waals surface area contributed by atoms with E-state index in [2.05, 4.69) is 35.0 Å². The van der Waals surface area contributed by atoms with E-state index in [4.69, 9.17) is 0 Å². The second kappa shape index (κ2) is 8.82.